The third kappa shape index (κ3) is 4.44. The fourth-order valence-electron chi connectivity index (χ4n) is 2.34. The molecular formula is C17H14ClN5O3S. The Morgan fingerprint density at radius 2 is 2.04 bits per heavy atom. The molecule has 1 N–H and O–H groups in total. The van der Waals surface area contributed by atoms with Crippen LogP contribution >= 0.6 is 23.4 Å². The van der Waals surface area contributed by atoms with Crippen molar-refractivity contribution in [2.75, 3.05) is 11.1 Å². The second kappa shape index (κ2) is 8.19. The van der Waals surface area contributed by atoms with Crippen molar-refractivity contribution < 1.29 is 9.72 Å². The van der Waals surface area contributed by atoms with Crippen molar-refractivity contribution in [3.8, 4) is 11.4 Å². The number of nitro groups is 1. The summed E-state index contributed by atoms with van der Waals surface area (Å²) in [4.78, 5) is 22.4. The van der Waals surface area contributed by atoms with Crippen molar-refractivity contribution in [1.82, 2.24) is 14.8 Å². The van der Waals surface area contributed by atoms with E-state index in [0.717, 1.165) is 5.56 Å². The lowest BCUT2D eigenvalue weighted by Gasteiger charge is -2.06. The van der Waals surface area contributed by atoms with Gasteiger partial charge in [0.25, 0.3) is 5.69 Å². The van der Waals surface area contributed by atoms with Gasteiger partial charge in [-0.25, -0.2) is 0 Å². The number of aromatic nitrogens is 3. The molecule has 0 atom stereocenters. The summed E-state index contributed by atoms with van der Waals surface area (Å²) in [6, 6.07) is 13.1. The first-order valence-electron chi connectivity index (χ1n) is 7.77. The summed E-state index contributed by atoms with van der Waals surface area (Å²) in [5, 5.41) is 22.8. The number of hydrogen-bond acceptors (Lipinski definition) is 6. The molecule has 0 unspecified atom stereocenters. The summed E-state index contributed by atoms with van der Waals surface area (Å²) in [5.74, 6) is 0.377. The van der Waals surface area contributed by atoms with Crippen LogP contribution in [0.4, 0.5) is 11.4 Å². The van der Waals surface area contributed by atoms with Gasteiger partial charge >= 0.3 is 0 Å². The van der Waals surface area contributed by atoms with E-state index >= 15 is 0 Å². The van der Waals surface area contributed by atoms with Gasteiger partial charge in [-0.1, -0.05) is 41.6 Å². The molecule has 0 fully saturated rings. The van der Waals surface area contributed by atoms with Gasteiger partial charge in [0.05, 0.1) is 15.7 Å². The Morgan fingerprint density at radius 1 is 1.26 bits per heavy atom. The number of halogens is 1. The molecule has 0 aliphatic rings. The number of carbonyl (C=O) groups excluding carboxylic acids is 1. The third-order valence-corrected chi connectivity index (χ3v) is 4.97. The van der Waals surface area contributed by atoms with E-state index < -0.39 is 4.92 Å². The first-order chi connectivity index (χ1) is 13.0. The Morgan fingerprint density at radius 3 is 2.78 bits per heavy atom. The Balaban J connectivity index is 1.65. The first kappa shape index (κ1) is 18.9. The van der Waals surface area contributed by atoms with Gasteiger partial charge in [0.2, 0.25) is 5.91 Å². The van der Waals surface area contributed by atoms with Crippen molar-refractivity contribution in [2.24, 2.45) is 7.05 Å². The number of nitrogens with one attached hydrogen (secondary N) is 1. The monoisotopic (exact) mass is 403 g/mol. The zero-order valence-electron chi connectivity index (χ0n) is 14.1. The van der Waals surface area contributed by atoms with Crippen molar-refractivity contribution in [1.29, 1.82) is 0 Å². The van der Waals surface area contributed by atoms with Gasteiger partial charge < -0.3 is 9.88 Å². The Kier molecular flexibility index (Phi) is 5.72. The van der Waals surface area contributed by atoms with Crippen LogP contribution in [0.15, 0.2) is 53.7 Å². The van der Waals surface area contributed by atoms with Crippen LogP contribution in [0.3, 0.4) is 0 Å². The highest BCUT2D eigenvalue weighted by molar-refractivity contribution is 7.99. The summed E-state index contributed by atoms with van der Waals surface area (Å²) in [5.41, 5.74) is 1.03. The molecule has 3 rings (SSSR count). The third-order valence-electron chi connectivity index (χ3n) is 3.62. The molecule has 10 heteroatoms. The highest BCUT2D eigenvalue weighted by Crippen LogP contribution is 2.28. The number of amides is 1. The molecule has 1 amide bonds. The summed E-state index contributed by atoms with van der Waals surface area (Å²) in [6.07, 6.45) is 0. The van der Waals surface area contributed by atoms with Crippen molar-refractivity contribution in [2.45, 2.75) is 5.16 Å². The van der Waals surface area contributed by atoms with Crippen LogP contribution in [0.1, 0.15) is 0 Å². The van der Waals surface area contributed by atoms with Gasteiger partial charge in [0.15, 0.2) is 11.0 Å². The van der Waals surface area contributed by atoms with Gasteiger partial charge in [0.1, 0.15) is 0 Å². The second-order valence-electron chi connectivity index (χ2n) is 5.49. The van der Waals surface area contributed by atoms with Gasteiger partial charge in [-0.3, -0.25) is 14.9 Å². The second-order valence-corrected chi connectivity index (χ2v) is 6.84. The predicted octanol–water partition coefficient (Wildman–Crippen LogP) is 3.77. The molecule has 2 aromatic carbocycles. The summed E-state index contributed by atoms with van der Waals surface area (Å²) < 4.78 is 1.76. The minimum Gasteiger partial charge on any atom is -0.325 e. The molecule has 8 nitrogen and oxygen atoms in total. The van der Waals surface area contributed by atoms with E-state index in [9.17, 15) is 14.9 Å². The highest BCUT2D eigenvalue weighted by Gasteiger charge is 2.15. The molecule has 0 radical (unpaired) electrons. The molecule has 1 heterocycles. The Bertz CT molecular complexity index is 1010. The maximum absolute atomic E-state index is 12.1. The highest BCUT2D eigenvalue weighted by atomic mass is 35.5. The minimum atomic E-state index is -0.514. The average molecular weight is 404 g/mol. The standard InChI is InChI=1S/C17H14ClN5O3S/c1-22-16(13-7-2-3-8-14(13)18)20-21-17(22)27-10-15(24)19-11-5-4-6-12(9-11)23(25)26/h2-9H,10H2,1H3,(H,19,24). The predicted molar refractivity (Wildman–Crippen MR) is 104 cm³/mol. The van der Waals surface area contributed by atoms with E-state index in [4.69, 9.17) is 11.6 Å². The Hall–Kier alpha value is -2.91. The summed E-state index contributed by atoms with van der Waals surface area (Å²) >= 11 is 7.40. The number of thioether (sulfide) groups is 1. The smallest absolute Gasteiger partial charge is 0.271 e. The van der Waals surface area contributed by atoms with Crippen LogP contribution in [-0.2, 0) is 11.8 Å². The molecule has 0 bridgehead atoms. The van der Waals surface area contributed by atoms with E-state index in [1.807, 2.05) is 18.2 Å². The normalized spacial score (nSPS) is 10.6. The fraction of sp³-hybridized carbons (Fsp3) is 0.118. The number of carbonyl (C=O) groups is 1. The molecule has 3 aromatic rings. The number of non-ortho nitro benzene ring substituents is 1. The topological polar surface area (TPSA) is 103 Å². The fourth-order valence-corrected chi connectivity index (χ4v) is 3.27. The van der Waals surface area contributed by atoms with Crippen LogP contribution in [0.5, 0.6) is 0 Å². The molecule has 0 saturated heterocycles. The van der Waals surface area contributed by atoms with Gasteiger partial charge in [-0.2, -0.15) is 0 Å². The average Bonchev–Trinajstić information content (AvgIpc) is 3.01. The molecule has 0 aliphatic carbocycles. The van der Waals surface area contributed by atoms with Crippen LogP contribution in [0.25, 0.3) is 11.4 Å². The molecule has 0 spiro atoms. The number of rotatable bonds is 6. The minimum absolute atomic E-state index is 0.0805. The quantitative estimate of drug-likeness (QED) is 0.381. The summed E-state index contributed by atoms with van der Waals surface area (Å²) in [7, 11) is 1.79. The van der Waals surface area contributed by atoms with Gasteiger partial charge in [-0.05, 0) is 18.2 Å². The van der Waals surface area contributed by atoms with Crippen LogP contribution < -0.4 is 5.32 Å². The lowest BCUT2D eigenvalue weighted by molar-refractivity contribution is -0.384. The number of nitrogens with zero attached hydrogens (tertiary/aromatic N) is 4. The van der Waals surface area contributed by atoms with E-state index in [1.165, 1.54) is 30.0 Å². The zero-order chi connectivity index (χ0) is 19.4. The van der Waals surface area contributed by atoms with Gasteiger partial charge in [0, 0.05) is 30.4 Å². The van der Waals surface area contributed by atoms with Crippen LogP contribution in [-0.4, -0.2) is 31.3 Å². The van der Waals surface area contributed by atoms with Crippen molar-refractivity contribution in [3.05, 3.63) is 63.7 Å². The SMILES string of the molecule is Cn1c(SCC(=O)Nc2cccc([N+](=O)[O-])c2)nnc1-c1ccccc1Cl. The first-order valence-corrected chi connectivity index (χ1v) is 9.13. The molecular weight excluding hydrogens is 390 g/mol. The maximum Gasteiger partial charge on any atom is 0.271 e. The lowest BCUT2D eigenvalue weighted by Crippen LogP contribution is -2.14. The molecule has 27 heavy (non-hydrogen) atoms. The zero-order valence-corrected chi connectivity index (χ0v) is 15.7. The van der Waals surface area contributed by atoms with E-state index in [2.05, 4.69) is 15.5 Å². The van der Waals surface area contributed by atoms with E-state index in [0.29, 0.717) is 21.7 Å². The number of hydrogen-bond donors (Lipinski definition) is 1. The van der Waals surface area contributed by atoms with Crippen LogP contribution in [0, 0.1) is 10.1 Å². The number of benzene rings is 2. The number of nitro benzene ring substituents is 1. The van der Waals surface area contributed by atoms with Crippen molar-refractivity contribution >= 4 is 40.6 Å². The summed E-state index contributed by atoms with van der Waals surface area (Å²) in [6.45, 7) is 0. The van der Waals surface area contributed by atoms with E-state index in [1.54, 1.807) is 23.7 Å². The largest absolute Gasteiger partial charge is 0.325 e. The maximum atomic E-state index is 12.1. The molecule has 138 valence electrons. The molecule has 1 aromatic heterocycles. The molecule has 0 saturated carbocycles. The Labute approximate surface area is 163 Å². The van der Waals surface area contributed by atoms with Crippen molar-refractivity contribution in [3.63, 3.8) is 0 Å². The van der Waals surface area contributed by atoms with Crippen LogP contribution in [0.2, 0.25) is 5.02 Å². The molecule has 0 aliphatic heterocycles. The van der Waals surface area contributed by atoms with Gasteiger partial charge in [-0.15, -0.1) is 10.2 Å². The lowest BCUT2D eigenvalue weighted by atomic mass is 10.2. The van der Waals surface area contributed by atoms with E-state index in [-0.39, 0.29) is 17.3 Å². The number of anilines is 1.